The molecule has 1 aliphatic rings. The molecule has 1 aliphatic heterocycles. The highest BCUT2D eigenvalue weighted by atomic mass is 16.5. The van der Waals surface area contributed by atoms with Crippen LogP contribution in [0.25, 0.3) is 0 Å². The van der Waals surface area contributed by atoms with Gasteiger partial charge < -0.3 is 15.0 Å². The normalized spacial score (nSPS) is 28.2. The molecule has 3 unspecified atom stereocenters. The molecule has 0 aromatic rings. The number of rotatable bonds is 7. The van der Waals surface area contributed by atoms with E-state index in [1.54, 1.807) is 0 Å². The van der Waals surface area contributed by atoms with Crippen molar-refractivity contribution >= 4 is 0 Å². The molecule has 1 rings (SSSR count). The maximum atomic E-state index is 5.55. The van der Waals surface area contributed by atoms with Crippen LogP contribution in [-0.4, -0.2) is 50.3 Å². The van der Waals surface area contributed by atoms with Crippen LogP contribution in [0, 0.1) is 5.92 Å². The van der Waals surface area contributed by atoms with Gasteiger partial charge in [0, 0.05) is 19.7 Å². The second-order valence-electron chi connectivity index (χ2n) is 5.48. The molecule has 0 aromatic carbocycles. The number of likely N-dealkylation sites (tertiary alicyclic amines) is 1. The molecular weight excluding hydrogens is 212 g/mol. The van der Waals surface area contributed by atoms with Gasteiger partial charge >= 0.3 is 0 Å². The highest BCUT2D eigenvalue weighted by Gasteiger charge is 2.25. The first-order chi connectivity index (χ1) is 8.17. The molecule has 3 heteroatoms. The molecule has 0 saturated carbocycles. The van der Waals surface area contributed by atoms with Gasteiger partial charge in [0.1, 0.15) is 0 Å². The molecule has 1 heterocycles. The lowest BCUT2D eigenvalue weighted by molar-refractivity contribution is -0.00567. The number of hydrogen-bond acceptors (Lipinski definition) is 3. The van der Waals surface area contributed by atoms with E-state index in [-0.39, 0.29) is 0 Å². The highest BCUT2D eigenvalue weighted by Crippen LogP contribution is 2.19. The van der Waals surface area contributed by atoms with Gasteiger partial charge in [-0.3, -0.25) is 0 Å². The molecule has 1 fully saturated rings. The summed E-state index contributed by atoms with van der Waals surface area (Å²) in [7, 11) is 1.84. The van der Waals surface area contributed by atoms with E-state index in [1.807, 2.05) is 7.11 Å². The van der Waals surface area contributed by atoms with Crippen LogP contribution in [0.1, 0.15) is 40.0 Å². The third-order valence-electron chi connectivity index (χ3n) is 3.90. The molecule has 17 heavy (non-hydrogen) atoms. The topological polar surface area (TPSA) is 24.5 Å². The van der Waals surface area contributed by atoms with Crippen molar-refractivity contribution in [2.24, 2.45) is 5.92 Å². The zero-order valence-electron chi connectivity index (χ0n) is 12.0. The summed E-state index contributed by atoms with van der Waals surface area (Å²) in [6.07, 6.45) is 4.17. The molecule has 0 bridgehead atoms. The summed E-state index contributed by atoms with van der Waals surface area (Å²) in [4.78, 5) is 2.55. The van der Waals surface area contributed by atoms with E-state index < -0.39 is 0 Å². The van der Waals surface area contributed by atoms with Crippen molar-refractivity contribution in [3.63, 3.8) is 0 Å². The molecule has 1 saturated heterocycles. The van der Waals surface area contributed by atoms with E-state index in [9.17, 15) is 0 Å². The standard InChI is InChI=1S/C14H30N2O/c1-5-8-15-13(3)7-10-16-9-6-12(2)14(11-16)17-4/h12-15H,5-11H2,1-4H3. The van der Waals surface area contributed by atoms with Crippen LogP contribution in [0.15, 0.2) is 0 Å². The Morgan fingerprint density at radius 2 is 2.24 bits per heavy atom. The van der Waals surface area contributed by atoms with Crippen molar-refractivity contribution in [3.8, 4) is 0 Å². The molecule has 1 N–H and O–H groups in total. The molecule has 3 nitrogen and oxygen atoms in total. The Morgan fingerprint density at radius 1 is 1.47 bits per heavy atom. The Kier molecular flexibility index (Phi) is 7.09. The van der Waals surface area contributed by atoms with Crippen LogP contribution in [-0.2, 0) is 4.74 Å². The van der Waals surface area contributed by atoms with E-state index in [2.05, 4.69) is 31.0 Å². The molecule has 3 atom stereocenters. The van der Waals surface area contributed by atoms with Crippen molar-refractivity contribution in [2.45, 2.75) is 52.2 Å². The summed E-state index contributed by atoms with van der Waals surface area (Å²) < 4.78 is 5.55. The van der Waals surface area contributed by atoms with Crippen LogP contribution >= 0.6 is 0 Å². The highest BCUT2D eigenvalue weighted by molar-refractivity contribution is 4.79. The number of nitrogens with one attached hydrogen (secondary N) is 1. The van der Waals surface area contributed by atoms with Gasteiger partial charge in [-0.15, -0.1) is 0 Å². The van der Waals surface area contributed by atoms with Crippen LogP contribution in [0.5, 0.6) is 0 Å². The lowest BCUT2D eigenvalue weighted by Gasteiger charge is -2.36. The van der Waals surface area contributed by atoms with Crippen LogP contribution < -0.4 is 5.32 Å². The van der Waals surface area contributed by atoms with Crippen molar-refractivity contribution in [1.82, 2.24) is 10.2 Å². The third-order valence-corrected chi connectivity index (χ3v) is 3.90. The zero-order chi connectivity index (χ0) is 12.7. The van der Waals surface area contributed by atoms with Gasteiger partial charge in [0.2, 0.25) is 0 Å². The average Bonchev–Trinajstić information content (AvgIpc) is 2.35. The predicted octanol–water partition coefficient (Wildman–Crippen LogP) is 2.12. The van der Waals surface area contributed by atoms with Crippen LogP contribution in [0.2, 0.25) is 0 Å². The van der Waals surface area contributed by atoms with Crippen LogP contribution in [0.4, 0.5) is 0 Å². The zero-order valence-corrected chi connectivity index (χ0v) is 12.0. The summed E-state index contributed by atoms with van der Waals surface area (Å²) in [6.45, 7) is 11.5. The Morgan fingerprint density at radius 3 is 2.88 bits per heavy atom. The maximum absolute atomic E-state index is 5.55. The molecule has 0 amide bonds. The van der Waals surface area contributed by atoms with Gasteiger partial charge in [-0.1, -0.05) is 13.8 Å². The summed E-state index contributed by atoms with van der Waals surface area (Å²) >= 11 is 0. The van der Waals surface area contributed by atoms with E-state index in [4.69, 9.17) is 4.74 Å². The second kappa shape index (κ2) is 8.06. The smallest absolute Gasteiger partial charge is 0.0724 e. The summed E-state index contributed by atoms with van der Waals surface area (Å²) in [5, 5.41) is 3.55. The number of hydrogen-bond donors (Lipinski definition) is 1. The first-order valence-corrected chi connectivity index (χ1v) is 7.15. The monoisotopic (exact) mass is 242 g/mol. The summed E-state index contributed by atoms with van der Waals surface area (Å²) in [5.41, 5.74) is 0. The Labute approximate surface area is 107 Å². The first-order valence-electron chi connectivity index (χ1n) is 7.15. The first kappa shape index (κ1) is 14.9. The molecular formula is C14H30N2O. The Balaban J connectivity index is 2.19. The van der Waals surface area contributed by atoms with E-state index in [0.29, 0.717) is 18.1 Å². The van der Waals surface area contributed by atoms with E-state index >= 15 is 0 Å². The number of methoxy groups -OCH3 is 1. The second-order valence-corrected chi connectivity index (χ2v) is 5.48. The van der Waals surface area contributed by atoms with Gasteiger partial charge in [-0.2, -0.15) is 0 Å². The molecule has 0 aromatic heterocycles. The largest absolute Gasteiger partial charge is 0.380 e. The Hall–Kier alpha value is -0.120. The van der Waals surface area contributed by atoms with Crippen molar-refractivity contribution in [1.29, 1.82) is 0 Å². The van der Waals surface area contributed by atoms with Crippen molar-refractivity contribution in [3.05, 3.63) is 0 Å². The fraction of sp³-hybridized carbons (Fsp3) is 1.00. The lowest BCUT2D eigenvalue weighted by Crippen LogP contribution is -2.45. The maximum Gasteiger partial charge on any atom is 0.0724 e. The van der Waals surface area contributed by atoms with Crippen LogP contribution in [0.3, 0.4) is 0 Å². The van der Waals surface area contributed by atoms with Crippen molar-refractivity contribution in [2.75, 3.05) is 33.3 Å². The minimum Gasteiger partial charge on any atom is -0.380 e. The minimum absolute atomic E-state index is 0.433. The quantitative estimate of drug-likeness (QED) is 0.740. The van der Waals surface area contributed by atoms with Crippen molar-refractivity contribution < 1.29 is 4.74 Å². The van der Waals surface area contributed by atoms with Gasteiger partial charge in [-0.05, 0) is 51.7 Å². The number of ether oxygens (including phenoxy) is 1. The Bertz CT molecular complexity index is 199. The van der Waals surface area contributed by atoms with E-state index in [1.165, 1.54) is 32.4 Å². The van der Waals surface area contributed by atoms with E-state index in [0.717, 1.165) is 13.1 Å². The summed E-state index contributed by atoms with van der Waals surface area (Å²) in [6, 6.07) is 0.635. The summed E-state index contributed by atoms with van der Waals surface area (Å²) in [5.74, 6) is 0.715. The fourth-order valence-electron chi connectivity index (χ4n) is 2.48. The van der Waals surface area contributed by atoms with Gasteiger partial charge in [0.05, 0.1) is 6.10 Å². The predicted molar refractivity (Wildman–Crippen MR) is 73.4 cm³/mol. The molecule has 0 spiro atoms. The molecule has 0 aliphatic carbocycles. The molecule has 0 radical (unpaired) electrons. The SMILES string of the molecule is CCCNC(C)CCN1CCC(C)C(OC)C1. The minimum atomic E-state index is 0.433. The fourth-order valence-corrected chi connectivity index (χ4v) is 2.48. The van der Waals surface area contributed by atoms with Gasteiger partial charge in [-0.25, -0.2) is 0 Å². The van der Waals surface area contributed by atoms with Gasteiger partial charge in [0.25, 0.3) is 0 Å². The third kappa shape index (κ3) is 5.36. The van der Waals surface area contributed by atoms with Gasteiger partial charge in [0.15, 0.2) is 0 Å². The number of nitrogens with zero attached hydrogens (tertiary/aromatic N) is 1. The molecule has 102 valence electrons. The number of piperidine rings is 1. The lowest BCUT2D eigenvalue weighted by atomic mass is 9.95. The average molecular weight is 242 g/mol.